The number of unbranched alkanes of at least 4 members (excludes halogenated alkanes) is 1. The molecule has 6 heteroatoms. The molecule has 0 saturated heterocycles. The molecule has 0 atom stereocenters. The third-order valence-corrected chi connectivity index (χ3v) is 5.24. The highest BCUT2D eigenvalue weighted by molar-refractivity contribution is 7.99. The summed E-state index contributed by atoms with van der Waals surface area (Å²) in [6, 6.07) is 15.1. The minimum Gasteiger partial charge on any atom is -0.340 e. The van der Waals surface area contributed by atoms with E-state index in [-0.39, 0.29) is 0 Å². The van der Waals surface area contributed by atoms with Crippen LogP contribution in [0.1, 0.15) is 25.3 Å². The summed E-state index contributed by atoms with van der Waals surface area (Å²) in [5.74, 6) is 0. The van der Waals surface area contributed by atoms with E-state index < -0.39 is 0 Å². The summed E-state index contributed by atoms with van der Waals surface area (Å²) in [6.07, 6.45) is 7.35. The van der Waals surface area contributed by atoms with Crippen molar-refractivity contribution in [3.63, 3.8) is 0 Å². The van der Waals surface area contributed by atoms with E-state index in [1.807, 2.05) is 18.0 Å². The van der Waals surface area contributed by atoms with Crippen LogP contribution in [0, 0.1) is 0 Å². The van der Waals surface area contributed by atoms with Crippen LogP contribution in [0.2, 0.25) is 0 Å². The molecule has 126 valence electrons. The molecule has 0 saturated carbocycles. The smallest absolute Gasteiger partial charge is 0.141 e. The molecule has 1 aliphatic heterocycles. The molecule has 0 amide bonds. The van der Waals surface area contributed by atoms with Gasteiger partial charge in [0.05, 0.1) is 17.6 Å². The van der Waals surface area contributed by atoms with Gasteiger partial charge in [-0.15, -0.1) is 10.2 Å². The Bertz CT molecular complexity index is 889. The first-order chi connectivity index (χ1) is 12.3. The molecule has 0 N–H and O–H groups in total. The third kappa shape index (κ3) is 3.30. The number of hydrogen-bond acceptors (Lipinski definition) is 5. The first-order valence-corrected chi connectivity index (χ1v) is 9.24. The first kappa shape index (κ1) is 15.9. The first-order valence-electron chi connectivity index (χ1n) is 8.42. The number of hydrogen-bond donors (Lipinski definition) is 0. The quantitative estimate of drug-likeness (QED) is 0.633. The summed E-state index contributed by atoms with van der Waals surface area (Å²) in [4.78, 5) is 5.01. The summed E-state index contributed by atoms with van der Waals surface area (Å²) in [7, 11) is 0. The Kier molecular flexibility index (Phi) is 4.52. The van der Waals surface area contributed by atoms with Crippen LogP contribution in [0.15, 0.2) is 70.0 Å². The van der Waals surface area contributed by atoms with Crippen molar-refractivity contribution in [2.24, 2.45) is 5.10 Å². The van der Waals surface area contributed by atoms with Crippen LogP contribution in [0.3, 0.4) is 0 Å². The van der Waals surface area contributed by atoms with Gasteiger partial charge in [-0.2, -0.15) is 5.10 Å². The molecular formula is C19H19N5S. The van der Waals surface area contributed by atoms with Gasteiger partial charge in [0.2, 0.25) is 0 Å². The second-order valence-electron chi connectivity index (χ2n) is 5.89. The summed E-state index contributed by atoms with van der Waals surface area (Å²) >= 11 is 1.82. The molecule has 3 aromatic rings. The van der Waals surface area contributed by atoms with Crippen molar-refractivity contribution in [1.29, 1.82) is 0 Å². The molecule has 0 fully saturated rings. The molecule has 0 radical (unpaired) electrons. The largest absolute Gasteiger partial charge is 0.340 e. The maximum atomic E-state index is 4.34. The van der Waals surface area contributed by atoms with Crippen molar-refractivity contribution < 1.29 is 0 Å². The number of fused-ring (bicyclic) bond motifs is 2. The molecule has 2 heterocycles. The van der Waals surface area contributed by atoms with E-state index in [1.54, 1.807) is 17.3 Å². The summed E-state index contributed by atoms with van der Waals surface area (Å²) in [6.45, 7) is 3.27. The van der Waals surface area contributed by atoms with Gasteiger partial charge in [-0.05, 0) is 36.2 Å². The normalized spacial score (nSPS) is 13.1. The Morgan fingerprint density at radius 2 is 1.84 bits per heavy atom. The van der Waals surface area contributed by atoms with E-state index in [2.05, 4.69) is 69.6 Å². The van der Waals surface area contributed by atoms with E-state index in [4.69, 9.17) is 0 Å². The molecule has 0 aliphatic carbocycles. The highest BCUT2D eigenvalue weighted by Crippen LogP contribution is 2.48. The van der Waals surface area contributed by atoms with Crippen molar-refractivity contribution in [3.05, 3.63) is 60.7 Å². The molecule has 0 bridgehead atoms. The minimum absolute atomic E-state index is 1.04. The fraction of sp³-hybridized carbons (Fsp3) is 0.211. The fourth-order valence-corrected chi connectivity index (χ4v) is 4.02. The second kappa shape index (κ2) is 7.11. The number of rotatable bonds is 5. The summed E-state index contributed by atoms with van der Waals surface area (Å²) in [5.41, 5.74) is 3.65. The second-order valence-corrected chi connectivity index (χ2v) is 6.97. The zero-order chi connectivity index (χ0) is 17.1. The zero-order valence-corrected chi connectivity index (χ0v) is 14.9. The lowest BCUT2D eigenvalue weighted by atomic mass is 10.1. The topological polar surface area (TPSA) is 46.3 Å². The maximum Gasteiger partial charge on any atom is 0.141 e. The van der Waals surface area contributed by atoms with Gasteiger partial charge in [0.1, 0.15) is 12.7 Å². The SMILES string of the molecule is CCCCN1c2ccccc2Sc2cc(/C=N\n3cnnc3)ccc21. The Labute approximate surface area is 151 Å². The molecule has 1 aromatic heterocycles. The van der Waals surface area contributed by atoms with Crippen molar-refractivity contribution in [1.82, 2.24) is 14.9 Å². The van der Waals surface area contributed by atoms with Crippen molar-refractivity contribution >= 4 is 29.4 Å². The Morgan fingerprint density at radius 1 is 1.04 bits per heavy atom. The van der Waals surface area contributed by atoms with E-state index >= 15 is 0 Å². The summed E-state index contributed by atoms with van der Waals surface area (Å²) in [5, 5.41) is 11.9. The van der Waals surface area contributed by atoms with Crippen LogP contribution < -0.4 is 4.90 Å². The highest BCUT2D eigenvalue weighted by atomic mass is 32.2. The van der Waals surface area contributed by atoms with Crippen LogP contribution in [0.4, 0.5) is 11.4 Å². The van der Waals surface area contributed by atoms with Gasteiger partial charge >= 0.3 is 0 Å². The van der Waals surface area contributed by atoms with Gasteiger partial charge in [-0.3, -0.25) is 0 Å². The average Bonchev–Trinajstić information content (AvgIpc) is 3.17. The maximum absolute atomic E-state index is 4.34. The number of aromatic nitrogens is 3. The molecular weight excluding hydrogens is 330 g/mol. The fourth-order valence-electron chi connectivity index (χ4n) is 2.88. The molecule has 4 rings (SSSR count). The Hall–Kier alpha value is -2.60. The van der Waals surface area contributed by atoms with Crippen LogP contribution in [-0.2, 0) is 0 Å². The zero-order valence-electron chi connectivity index (χ0n) is 14.0. The lowest BCUT2D eigenvalue weighted by Gasteiger charge is -2.33. The van der Waals surface area contributed by atoms with Crippen molar-refractivity contribution in [2.75, 3.05) is 11.4 Å². The number of anilines is 2. The monoisotopic (exact) mass is 349 g/mol. The molecule has 1 aliphatic rings. The van der Waals surface area contributed by atoms with Gasteiger partial charge in [0.25, 0.3) is 0 Å². The predicted octanol–water partition coefficient (Wildman–Crippen LogP) is 4.56. The van der Waals surface area contributed by atoms with Crippen LogP contribution in [0.5, 0.6) is 0 Å². The highest BCUT2D eigenvalue weighted by Gasteiger charge is 2.22. The van der Waals surface area contributed by atoms with Gasteiger partial charge in [0.15, 0.2) is 0 Å². The van der Waals surface area contributed by atoms with E-state index in [1.165, 1.54) is 34.0 Å². The Balaban J connectivity index is 1.67. The van der Waals surface area contributed by atoms with Crippen LogP contribution in [-0.4, -0.2) is 27.6 Å². The van der Waals surface area contributed by atoms with Gasteiger partial charge < -0.3 is 4.90 Å². The van der Waals surface area contributed by atoms with Crippen LogP contribution in [0.25, 0.3) is 0 Å². The molecule has 0 unspecified atom stereocenters. The number of nitrogens with zero attached hydrogens (tertiary/aromatic N) is 5. The van der Waals surface area contributed by atoms with Crippen molar-refractivity contribution in [3.8, 4) is 0 Å². The predicted molar refractivity (Wildman–Crippen MR) is 102 cm³/mol. The van der Waals surface area contributed by atoms with Crippen molar-refractivity contribution in [2.45, 2.75) is 29.6 Å². The van der Waals surface area contributed by atoms with Gasteiger partial charge in [-0.25, -0.2) is 4.68 Å². The third-order valence-electron chi connectivity index (χ3n) is 4.13. The van der Waals surface area contributed by atoms with E-state index in [9.17, 15) is 0 Å². The molecule has 25 heavy (non-hydrogen) atoms. The molecule has 0 spiro atoms. The molecule has 2 aromatic carbocycles. The van der Waals surface area contributed by atoms with E-state index in [0.717, 1.165) is 12.1 Å². The molecule has 5 nitrogen and oxygen atoms in total. The minimum atomic E-state index is 1.04. The lowest BCUT2D eigenvalue weighted by molar-refractivity contribution is 0.777. The Morgan fingerprint density at radius 3 is 2.68 bits per heavy atom. The summed E-state index contributed by atoms with van der Waals surface area (Å²) < 4.78 is 1.59. The standard InChI is InChI=1S/C19H19N5S/c1-2-3-10-24-16-6-4-5-7-18(16)25-19-11-15(8-9-17(19)24)12-22-23-13-20-21-14-23/h4-9,11-14H,2-3,10H2,1H3/b22-12-. The van der Waals surface area contributed by atoms with E-state index in [0.29, 0.717) is 0 Å². The van der Waals surface area contributed by atoms with Gasteiger partial charge in [-0.1, -0.05) is 43.3 Å². The van der Waals surface area contributed by atoms with Crippen LogP contribution >= 0.6 is 11.8 Å². The average molecular weight is 349 g/mol. The number of benzene rings is 2. The lowest BCUT2D eigenvalue weighted by Crippen LogP contribution is -2.21. The van der Waals surface area contributed by atoms with Gasteiger partial charge in [0, 0.05) is 16.3 Å². The number of para-hydroxylation sites is 1.